The van der Waals surface area contributed by atoms with E-state index in [1.54, 1.807) is 0 Å². The molecular formula is C25H29N3O2S. The average molecular weight is 436 g/mol. The second-order valence-corrected chi connectivity index (χ2v) is 11.3. The third-order valence-corrected chi connectivity index (χ3v) is 8.00. The minimum absolute atomic E-state index is 0.0478. The molecule has 162 valence electrons. The Bertz CT molecular complexity index is 1020. The Balaban J connectivity index is 1.60. The third kappa shape index (κ3) is 4.58. The van der Waals surface area contributed by atoms with E-state index in [4.69, 9.17) is 0 Å². The maximum atomic E-state index is 13.5. The Kier molecular flexibility index (Phi) is 5.76. The van der Waals surface area contributed by atoms with Gasteiger partial charge in [-0.1, -0.05) is 63.2 Å². The fourth-order valence-corrected chi connectivity index (χ4v) is 5.72. The van der Waals surface area contributed by atoms with Crippen LogP contribution < -0.4 is 10.6 Å². The highest BCUT2D eigenvalue weighted by Gasteiger charge is 2.48. The van der Waals surface area contributed by atoms with Gasteiger partial charge in [-0.05, 0) is 47.9 Å². The smallest absolute Gasteiger partial charge is 0.238 e. The highest BCUT2D eigenvalue weighted by Crippen LogP contribution is 2.37. The first-order valence-electron chi connectivity index (χ1n) is 10.8. The number of amides is 1. The summed E-state index contributed by atoms with van der Waals surface area (Å²) in [5, 5.41) is 15.4. The zero-order valence-corrected chi connectivity index (χ0v) is 19.0. The molecule has 2 aromatic rings. The summed E-state index contributed by atoms with van der Waals surface area (Å²) in [4.78, 5) is 13.7. The summed E-state index contributed by atoms with van der Waals surface area (Å²) >= 11 is 0. The fraction of sp³-hybridized carbons (Fsp3) is 0.440. The van der Waals surface area contributed by atoms with Crippen molar-refractivity contribution in [2.75, 3.05) is 0 Å². The van der Waals surface area contributed by atoms with Crippen LogP contribution in [0.2, 0.25) is 0 Å². The fourth-order valence-electron chi connectivity index (χ4n) is 4.10. The highest BCUT2D eigenvalue weighted by atomic mass is 32.2. The van der Waals surface area contributed by atoms with E-state index in [1.165, 1.54) is 5.56 Å². The standard InChI is InChI=1S/C25H29N3O2S/c1-24(2,3)18-11-9-17(10-12-18)22-21(31(30)19-7-5-4-6-8-19)15-20(27-22)23(29)28-25(16-26)13-14-25/h4-12,20-22,27H,13-15H2,1-3H3,(H,28,29). The maximum absolute atomic E-state index is 13.5. The van der Waals surface area contributed by atoms with E-state index in [1.807, 2.05) is 30.3 Å². The zero-order valence-electron chi connectivity index (χ0n) is 18.2. The van der Waals surface area contributed by atoms with Gasteiger partial charge in [0.15, 0.2) is 0 Å². The highest BCUT2D eigenvalue weighted by molar-refractivity contribution is 7.85. The molecule has 0 aromatic heterocycles. The van der Waals surface area contributed by atoms with Gasteiger partial charge in [0.2, 0.25) is 5.91 Å². The van der Waals surface area contributed by atoms with Gasteiger partial charge in [-0.2, -0.15) is 5.26 Å². The molecule has 4 unspecified atom stereocenters. The van der Waals surface area contributed by atoms with Crippen LogP contribution in [-0.4, -0.2) is 26.9 Å². The van der Waals surface area contributed by atoms with Crippen molar-refractivity contribution in [1.29, 1.82) is 5.26 Å². The Labute approximate surface area is 186 Å². The minimum atomic E-state index is -1.27. The second kappa shape index (κ2) is 8.22. The Morgan fingerprint density at radius 1 is 1.13 bits per heavy atom. The van der Waals surface area contributed by atoms with Crippen molar-refractivity contribution < 1.29 is 9.00 Å². The predicted octanol–water partition coefficient (Wildman–Crippen LogP) is 3.74. The van der Waals surface area contributed by atoms with E-state index < -0.39 is 22.4 Å². The van der Waals surface area contributed by atoms with Gasteiger partial charge in [-0.3, -0.25) is 14.3 Å². The predicted molar refractivity (Wildman–Crippen MR) is 122 cm³/mol. The lowest BCUT2D eigenvalue weighted by Gasteiger charge is -2.23. The van der Waals surface area contributed by atoms with Gasteiger partial charge in [0.25, 0.3) is 0 Å². The number of hydrogen-bond acceptors (Lipinski definition) is 4. The van der Waals surface area contributed by atoms with E-state index >= 15 is 0 Å². The molecule has 2 aliphatic rings. The van der Waals surface area contributed by atoms with E-state index in [0.717, 1.165) is 10.5 Å². The van der Waals surface area contributed by atoms with Crippen molar-refractivity contribution in [3.63, 3.8) is 0 Å². The van der Waals surface area contributed by atoms with E-state index in [0.29, 0.717) is 19.3 Å². The molecule has 0 spiro atoms. The number of rotatable bonds is 5. The Hall–Kier alpha value is -2.49. The molecule has 1 heterocycles. The summed E-state index contributed by atoms with van der Waals surface area (Å²) in [5.41, 5.74) is 1.60. The molecule has 6 heteroatoms. The monoisotopic (exact) mass is 435 g/mol. The van der Waals surface area contributed by atoms with Crippen molar-refractivity contribution in [2.45, 2.75) is 73.2 Å². The van der Waals surface area contributed by atoms with E-state index in [9.17, 15) is 14.3 Å². The number of nitrogens with one attached hydrogen (secondary N) is 2. The lowest BCUT2D eigenvalue weighted by atomic mass is 9.86. The van der Waals surface area contributed by atoms with Crippen molar-refractivity contribution in [2.24, 2.45) is 0 Å². The van der Waals surface area contributed by atoms with Crippen LogP contribution in [0.25, 0.3) is 0 Å². The first-order chi connectivity index (χ1) is 14.7. The van der Waals surface area contributed by atoms with Crippen LogP contribution in [0.5, 0.6) is 0 Å². The van der Waals surface area contributed by atoms with E-state index in [-0.39, 0.29) is 22.6 Å². The molecule has 4 rings (SSSR count). The first-order valence-corrected chi connectivity index (χ1v) is 12.0. The Morgan fingerprint density at radius 3 is 2.32 bits per heavy atom. The summed E-state index contributed by atoms with van der Waals surface area (Å²) in [6.07, 6.45) is 1.85. The molecule has 0 bridgehead atoms. The zero-order chi connectivity index (χ0) is 22.2. The molecule has 1 saturated heterocycles. The third-order valence-electron chi connectivity index (χ3n) is 6.25. The average Bonchev–Trinajstić information content (AvgIpc) is 3.39. The summed E-state index contributed by atoms with van der Waals surface area (Å²) in [7, 11) is -1.27. The number of nitrogens with zero attached hydrogens (tertiary/aromatic N) is 1. The summed E-state index contributed by atoms with van der Waals surface area (Å²) in [5.74, 6) is -0.178. The largest absolute Gasteiger partial charge is 0.336 e. The van der Waals surface area contributed by atoms with Gasteiger partial charge in [-0.15, -0.1) is 0 Å². The lowest BCUT2D eigenvalue weighted by Crippen LogP contribution is -2.46. The molecule has 1 saturated carbocycles. The van der Waals surface area contributed by atoms with Crippen molar-refractivity contribution in [3.8, 4) is 6.07 Å². The van der Waals surface area contributed by atoms with Gasteiger partial charge >= 0.3 is 0 Å². The van der Waals surface area contributed by atoms with Crippen molar-refractivity contribution in [1.82, 2.24) is 10.6 Å². The number of carbonyl (C=O) groups is 1. The molecule has 2 aromatic carbocycles. The second-order valence-electron chi connectivity index (χ2n) is 9.64. The quantitative estimate of drug-likeness (QED) is 0.750. The molecule has 5 nitrogen and oxygen atoms in total. The molecule has 4 atom stereocenters. The van der Waals surface area contributed by atoms with Gasteiger partial charge in [-0.25, -0.2) is 0 Å². The molecule has 2 fully saturated rings. The molecule has 1 amide bonds. The van der Waals surface area contributed by atoms with Crippen LogP contribution in [0, 0.1) is 11.3 Å². The van der Waals surface area contributed by atoms with Gasteiger partial charge in [0.05, 0.1) is 28.2 Å². The van der Waals surface area contributed by atoms with Crippen molar-refractivity contribution >= 4 is 16.7 Å². The SMILES string of the molecule is CC(C)(C)c1ccc(C2NC(C(=O)NC3(C#N)CC3)CC2S(=O)c2ccccc2)cc1. The summed E-state index contributed by atoms with van der Waals surface area (Å²) in [6, 6.07) is 19.3. The normalized spacial score (nSPS) is 25.4. The molecule has 1 aliphatic carbocycles. The van der Waals surface area contributed by atoms with Crippen LogP contribution in [-0.2, 0) is 21.0 Å². The van der Waals surface area contributed by atoms with Crippen LogP contribution in [0.4, 0.5) is 0 Å². The molecule has 2 N–H and O–H groups in total. The van der Waals surface area contributed by atoms with Gasteiger partial charge < -0.3 is 5.32 Å². The topological polar surface area (TPSA) is 82.0 Å². The number of carbonyl (C=O) groups excluding carboxylic acids is 1. The molecule has 31 heavy (non-hydrogen) atoms. The minimum Gasteiger partial charge on any atom is -0.336 e. The molecular weight excluding hydrogens is 406 g/mol. The molecule has 1 aliphatic heterocycles. The lowest BCUT2D eigenvalue weighted by molar-refractivity contribution is -0.123. The van der Waals surface area contributed by atoms with Gasteiger partial charge in [0.1, 0.15) is 5.54 Å². The van der Waals surface area contributed by atoms with Crippen LogP contribution in [0.3, 0.4) is 0 Å². The number of hydrogen-bond donors (Lipinski definition) is 2. The van der Waals surface area contributed by atoms with Crippen LogP contribution in [0.15, 0.2) is 59.5 Å². The van der Waals surface area contributed by atoms with Crippen LogP contribution in [0.1, 0.15) is 57.2 Å². The maximum Gasteiger partial charge on any atom is 0.238 e. The molecule has 0 radical (unpaired) electrons. The van der Waals surface area contributed by atoms with E-state index in [2.05, 4.69) is 61.7 Å². The summed E-state index contributed by atoms with van der Waals surface area (Å²) < 4.78 is 13.5. The summed E-state index contributed by atoms with van der Waals surface area (Å²) in [6.45, 7) is 6.52. The van der Waals surface area contributed by atoms with Gasteiger partial charge in [0, 0.05) is 10.9 Å². The number of benzene rings is 2. The van der Waals surface area contributed by atoms with Crippen LogP contribution >= 0.6 is 0 Å². The first kappa shape index (κ1) is 21.7. The Morgan fingerprint density at radius 2 is 1.77 bits per heavy atom. The number of nitriles is 1. The van der Waals surface area contributed by atoms with Crippen molar-refractivity contribution in [3.05, 3.63) is 65.7 Å².